The molecule has 0 atom stereocenters. The molecule has 3 aromatic heterocycles. The molecule has 3 aromatic carbocycles. The molecule has 6 aromatic rings. The van der Waals surface area contributed by atoms with Crippen LogP contribution in [-0.4, -0.2) is 26.5 Å². The molecule has 6 rings (SSSR count). The average Bonchev–Trinajstić information content (AvgIpc) is 3.40. The maximum Gasteiger partial charge on any atom is 0.416 e. The number of benzene rings is 3. The molecule has 3 heterocycles. The number of ether oxygens (including phenoxy) is 2. The van der Waals surface area contributed by atoms with E-state index in [-0.39, 0.29) is 17.4 Å². The number of fused-ring (bicyclic) bond motifs is 1. The van der Waals surface area contributed by atoms with Crippen LogP contribution >= 0.6 is 0 Å². The highest BCUT2D eigenvalue weighted by atomic mass is 19.4. The van der Waals surface area contributed by atoms with Crippen LogP contribution in [0, 0.1) is 0 Å². The zero-order valence-corrected chi connectivity index (χ0v) is 22.3. The predicted octanol–water partition coefficient (Wildman–Crippen LogP) is 7.81. The third-order valence-corrected chi connectivity index (χ3v) is 6.58. The smallest absolute Gasteiger partial charge is 0.416 e. The van der Waals surface area contributed by atoms with E-state index in [4.69, 9.17) is 14.5 Å². The summed E-state index contributed by atoms with van der Waals surface area (Å²) in [4.78, 5) is 13.8. The topological polar surface area (TPSA) is 73.6 Å². The Bertz CT molecular complexity index is 1840. The van der Waals surface area contributed by atoms with E-state index in [2.05, 4.69) is 15.3 Å². The van der Waals surface area contributed by atoms with Crippen molar-refractivity contribution in [2.75, 3.05) is 12.4 Å². The van der Waals surface area contributed by atoms with Crippen LogP contribution in [0.5, 0.6) is 11.5 Å². The molecule has 0 aliphatic carbocycles. The fourth-order valence-corrected chi connectivity index (χ4v) is 4.55. The SMILES string of the molecule is COc1ccc(C(F)(F)F)cc1Nc1nccc(-c2c(-c3ccc(OCc4ccccc4)cc3)nc3ccccn23)n1. The highest BCUT2D eigenvalue weighted by molar-refractivity contribution is 5.81. The minimum absolute atomic E-state index is 0.0916. The fraction of sp³-hybridized carbons (Fsp3) is 0.0938. The van der Waals surface area contributed by atoms with Gasteiger partial charge in [-0.25, -0.2) is 15.0 Å². The lowest BCUT2D eigenvalue weighted by Gasteiger charge is -2.14. The number of alkyl halides is 3. The first-order valence-electron chi connectivity index (χ1n) is 13.0. The fourth-order valence-electron chi connectivity index (χ4n) is 4.55. The van der Waals surface area contributed by atoms with Crippen LogP contribution in [0.25, 0.3) is 28.3 Å². The number of nitrogens with one attached hydrogen (secondary N) is 1. The second kappa shape index (κ2) is 11.2. The van der Waals surface area contributed by atoms with Crippen LogP contribution < -0.4 is 14.8 Å². The van der Waals surface area contributed by atoms with Crippen molar-refractivity contribution in [2.45, 2.75) is 12.8 Å². The van der Waals surface area contributed by atoms with Crippen LogP contribution in [0.15, 0.2) is 109 Å². The van der Waals surface area contributed by atoms with Crippen molar-refractivity contribution in [1.82, 2.24) is 19.4 Å². The Kier molecular flexibility index (Phi) is 7.18. The minimum atomic E-state index is -4.51. The monoisotopic (exact) mass is 567 g/mol. The maximum atomic E-state index is 13.4. The zero-order chi connectivity index (χ0) is 29.1. The number of hydrogen-bond acceptors (Lipinski definition) is 6. The van der Waals surface area contributed by atoms with Gasteiger partial charge in [-0.1, -0.05) is 36.4 Å². The highest BCUT2D eigenvalue weighted by Gasteiger charge is 2.31. The molecular weight excluding hydrogens is 543 g/mol. The van der Waals surface area contributed by atoms with Gasteiger partial charge in [0.1, 0.15) is 23.8 Å². The molecular formula is C32H24F3N5O2. The first kappa shape index (κ1) is 26.8. The summed E-state index contributed by atoms with van der Waals surface area (Å²) in [7, 11) is 1.38. The van der Waals surface area contributed by atoms with Gasteiger partial charge in [0, 0.05) is 18.0 Å². The Balaban J connectivity index is 1.34. The Labute approximate surface area is 239 Å². The largest absolute Gasteiger partial charge is 0.495 e. The molecule has 42 heavy (non-hydrogen) atoms. The highest BCUT2D eigenvalue weighted by Crippen LogP contribution is 2.37. The number of pyridine rings is 1. The quantitative estimate of drug-likeness (QED) is 0.202. The van der Waals surface area contributed by atoms with E-state index < -0.39 is 11.7 Å². The molecule has 10 heteroatoms. The van der Waals surface area contributed by atoms with E-state index in [1.807, 2.05) is 83.4 Å². The van der Waals surface area contributed by atoms with E-state index in [9.17, 15) is 13.2 Å². The molecule has 0 unspecified atom stereocenters. The van der Waals surface area contributed by atoms with Gasteiger partial charge in [-0.2, -0.15) is 13.2 Å². The second-order valence-electron chi connectivity index (χ2n) is 9.34. The summed E-state index contributed by atoms with van der Waals surface area (Å²) in [6.45, 7) is 0.452. The Morgan fingerprint density at radius 3 is 2.40 bits per heavy atom. The molecule has 0 amide bonds. The molecule has 0 saturated heterocycles. The summed E-state index contributed by atoms with van der Waals surface area (Å²) in [5, 5.41) is 2.89. The lowest BCUT2D eigenvalue weighted by atomic mass is 10.1. The summed E-state index contributed by atoms with van der Waals surface area (Å²) in [5.74, 6) is 1.05. The van der Waals surface area contributed by atoms with Crippen molar-refractivity contribution in [3.8, 4) is 34.1 Å². The number of aromatic nitrogens is 4. The molecule has 1 N–H and O–H groups in total. The number of imidazole rings is 1. The van der Waals surface area contributed by atoms with Crippen molar-refractivity contribution in [3.05, 3.63) is 121 Å². The van der Waals surface area contributed by atoms with Gasteiger partial charge in [0.2, 0.25) is 5.95 Å². The Hall–Kier alpha value is -5.38. The van der Waals surface area contributed by atoms with Gasteiger partial charge < -0.3 is 14.8 Å². The number of anilines is 2. The normalized spacial score (nSPS) is 11.4. The number of hydrogen-bond donors (Lipinski definition) is 1. The molecule has 0 saturated carbocycles. The number of methoxy groups -OCH3 is 1. The minimum Gasteiger partial charge on any atom is -0.495 e. The van der Waals surface area contributed by atoms with Crippen LogP contribution in [0.4, 0.5) is 24.8 Å². The predicted molar refractivity (Wildman–Crippen MR) is 154 cm³/mol. The molecule has 210 valence electrons. The Morgan fingerprint density at radius 2 is 1.64 bits per heavy atom. The third kappa shape index (κ3) is 5.60. The number of halogens is 3. The molecule has 0 radical (unpaired) electrons. The van der Waals surface area contributed by atoms with Crippen molar-refractivity contribution in [1.29, 1.82) is 0 Å². The van der Waals surface area contributed by atoms with Crippen LogP contribution in [0.2, 0.25) is 0 Å². The van der Waals surface area contributed by atoms with Gasteiger partial charge in [-0.3, -0.25) is 4.40 Å². The van der Waals surface area contributed by atoms with Crippen molar-refractivity contribution >= 4 is 17.3 Å². The summed E-state index contributed by atoms with van der Waals surface area (Å²) >= 11 is 0. The van der Waals surface area contributed by atoms with Gasteiger partial charge in [-0.05, 0) is 66.2 Å². The zero-order valence-electron chi connectivity index (χ0n) is 22.3. The van der Waals surface area contributed by atoms with Gasteiger partial charge in [0.05, 0.1) is 35.4 Å². The van der Waals surface area contributed by atoms with Crippen LogP contribution in [0.1, 0.15) is 11.1 Å². The molecule has 0 aliphatic rings. The number of rotatable bonds is 8. The first-order valence-corrected chi connectivity index (χ1v) is 13.0. The standard InChI is InChI=1S/C32H24F3N5O2/c1-41-27-15-12-23(32(33,34)35)19-26(27)38-31-36-17-16-25(37-31)30-29(39-28-9-5-6-18-40(28)30)22-10-13-24(14-11-22)42-20-21-7-3-2-4-8-21/h2-19H,20H2,1H3,(H,36,37,38). The van der Waals surface area contributed by atoms with E-state index >= 15 is 0 Å². The van der Waals surface area contributed by atoms with Crippen molar-refractivity contribution in [3.63, 3.8) is 0 Å². The summed E-state index contributed by atoms with van der Waals surface area (Å²) < 4.78 is 53.2. The van der Waals surface area contributed by atoms with Crippen LogP contribution in [0.3, 0.4) is 0 Å². The summed E-state index contributed by atoms with van der Waals surface area (Å²) in [6, 6.07) is 28.1. The van der Waals surface area contributed by atoms with Gasteiger partial charge in [0.25, 0.3) is 0 Å². The van der Waals surface area contributed by atoms with Crippen LogP contribution in [-0.2, 0) is 12.8 Å². The van der Waals surface area contributed by atoms with Gasteiger partial charge in [0.15, 0.2) is 0 Å². The molecule has 0 bridgehead atoms. The van der Waals surface area contributed by atoms with E-state index in [1.54, 1.807) is 6.07 Å². The maximum absolute atomic E-state index is 13.4. The lowest BCUT2D eigenvalue weighted by Crippen LogP contribution is -2.07. The molecule has 0 fully saturated rings. The number of nitrogens with zero attached hydrogens (tertiary/aromatic N) is 4. The van der Waals surface area contributed by atoms with Crippen molar-refractivity contribution < 1.29 is 22.6 Å². The second-order valence-corrected chi connectivity index (χ2v) is 9.34. The first-order chi connectivity index (χ1) is 20.4. The molecule has 0 spiro atoms. The van der Waals surface area contributed by atoms with E-state index in [0.29, 0.717) is 29.3 Å². The lowest BCUT2D eigenvalue weighted by molar-refractivity contribution is -0.137. The van der Waals surface area contributed by atoms with E-state index in [0.717, 1.165) is 29.0 Å². The average molecular weight is 568 g/mol. The van der Waals surface area contributed by atoms with Crippen molar-refractivity contribution in [2.24, 2.45) is 0 Å². The van der Waals surface area contributed by atoms with E-state index in [1.165, 1.54) is 19.4 Å². The third-order valence-electron chi connectivity index (χ3n) is 6.58. The summed E-state index contributed by atoms with van der Waals surface area (Å²) in [6.07, 6.45) is -1.10. The van der Waals surface area contributed by atoms with Gasteiger partial charge in [-0.15, -0.1) is 0 Å². The summed E-state index contributed by atoms with van der Waals surface area (Å²) in [5.41, 5.74) is 3.79. The molecule has 7 nitrogen and oxygen atoms in total. The Morgan fingerprint density at radius 1 is 0.857 bits per heavy atom. The van der Waals surface area contributed by atoms with Gasteiger partial charge >= 0.3 is 6.18 Å². The molecule has 0 aliphatic heterocycles.